The molecule has 152 valence electrons. The number of nitrogens with one attached hydrogen (secondary N) is 2. The van der Waals surface area contributed by atoms with E-state index in [2.05, 4.69) is 26.7 Å². The van der Waals surface area contributed by atoms with Gasteiger partial charge in [-0.1, -0.05) is 12.1 Å². The third-order valence-electron chi connectivity index (χ3n) is 4.03. The second-order valence-electron chi connectivity index (χ2n) is 5.96. The van der Waals surface area contributed by atoms with Crippen molar-refractivity contribution in [2.24, 2.45) is 4.99 Å². The minimum atomic E-state index is 0. The summed E-state index contributed by atoms with van der Waals surface area (Å²) < 4.78 is 16.3. The van der Waals surface area contributed by atoms with Crippen LogP contribution in [0.15, 0.2) is 41.5 Å². The minimum Gasteiger partial charge on any atom is -0.478 e. The molecule has 2 heterocycles. The molecule has 1 aromatic heterocycles. The first-order valence-corrected chi connectivity index (χ1v) is 9.27. The Hall–Kier alpha value is -2.23. The third kappa shape index (κ3) is 6.15. The molecule has 1 aliphatic rings. The molecule has 0 saturated carbocycles. The van der Waals surface area contributed by atoms with E-state index in [0.717, 1.165) is 42.5 Å². The molecule has 7 nitrogen and oxygen atoms in total. The van der Waals surface area contributed by atoms with Crippen molar-refractivity contribution in [2.75, 3.05) is 26.5 Å². The number of halogens is 1. The van der Waals surface area contributed by atoms with Crippen LogP contribution in [0.3, 0.4) is 0 Å². The van der Waals surface area contributed by atoms with Crippen LogP contribution in [0, 0.1) is 0 Å². The van der Waals surface area contributed by atoms with Crippen molar-refractivity contribution in [3.63, 3.8) is 0 Å². The summed E-state index contributed by atoms with van der Waals surface area (Å²) in [6.07, 6.45) is 2.59. The number of fused-ring (bicyclic) bond motifs is 1. The second-order valence-corrected chi connectivity index (χ2v) is 5.96. The Morgan fingerprint density at radius 3 is 2.86 bits per heavy atom. The molecule has 0 atom stereocenters. The molecule has 8 heteroatoms. The molecular formula is C20H27IN4O3. The fraction of sp³-hybridized carbons (Fsp3) is 0.400. The van der Waals surface area contributed by atoms with E-state index in [0.29, 0.717) is 25.8 Å². The fourth-order valence-electron chi connectivity index (χ4n) is 2.74. The lowest BCUT2D eigenvalue weighted by Gasteiger charge is -2.12. The zero-order chi connectivity index (χ0) is 18.9. The average Bonchev–Trinajstić information content (AvgIpc) is 3.15. The standard InChI is InChI=1S/C20H26N4O3.HI/c1-3-21-20(24-13-16-6-5-10-22-19(16)25-4-2)23-11-9-15-7-8-17-18(12-15)27-14-26-17;/h5-8,10,12H,3-4,9,11,13-14H2,1-2H3,(H2,21,23,24);1H. The van der Waals surface area contributed by atoms with E-state index in [1.54, 1.807) is 6.20 Å². The van der Waals surface area contributed by atoms with E-state index in [4.69, 9.17) is 14.2 Å². The van der Waals surface area contributed by atoms with Gasteiger partial charge in [-0.25, -0.2) is 9.98 Å². The van der Waals surface area contributed by atoms with Crippen LogP contribution in [-0.4, -0.2) is 37.4 Å². The highest BCUT2D eigenvalue weighted by molar-refractivity contribution is 14.0. The molecule has 0 amide bonds. The summed E-state index contributed by atoms with van der Waals surface area (Å²) >= 11 is 0. The Morgan fingerprint density at radius 1 is 1.18 bits per heavy atom. The number of benzene rings is 1. The molecule has 0 unspecified atom stereocenters. The number of hydrogen-bond acceptors (Lipinski definition) is 5. The van der Waals surface area contributed by atoms with Crippen LogP contribution < -0.4 is 24.8 Å². The highest BCUT2D eigenvalue weighted by Gasteiger charge is 2.13. The van der Waals surface area contributed by atoms with Crippen LogP contribution >= 0.6 is 24.0 Å². The largest absolute Gasteiger partial charge is 0.478 e. The van der Waals surface area contributed by atoms with Gasteiger partial charge in [0.25, 0.3) is 0 Å². The summed E-state index contributed by atoms with van der Waals surface area (Å²) in [5.41, 5.74) is 2.15. The van der Waals surface area contributed by atoms with Gasteiger partial charge in [-0.2, -0.15) is 0 Å². The first-order valence-electron chi connectivity index (χ1n) is 9.27. The van der Waals surface area contributed by atoms with Gasteiger partial charge in [0.05, 0.1) is 13.2 Å². The number of aromatic nitrogens is 1. The van der Waals surface area contributed by atoms with Gasteiger partial charge in [-0.15, -0.1) is 24.0 Å². The van der Waals surface area contributed by atoms with E-state index >= 15 is 0 Å². The predicted molar refractivity (Wildman–Crippen MR) is 120 cm³/mol. The van der Waals surface area contributed by atoms with E-state index in [9.17, 15) is 0 Å². The van der Waals surface area contributed by atoms with Gasteiger partial charge in [0.2, 0.25) is 12.7 Å². The monoisotopic (exact) mass is 498 g/mol. The van der Waals surface area contributed by atoms with Gasteiger partial charge in [0, 0.05) is 24.8 Å². The minimum absolute atomic E-state index is 0. The first kappa shape index (κ1) is 22.1. The molecule has 1 aliphatic heterocycles. The van der Waals surface area contributed by atoms with Crippen molar-refractivity contribution in [3.8, 4) is 17.4 Å². The lowest BCUT2D eigenvalue weighted by atomic mass is 10.1. The molecule has 0 bridgehead atoms. The van der Waals surface area contributed by atoms with Gasteiger partial charge < -0.3 is 24.8 Å². The summed E-state index contributed by atoms with van der Waals surface area (Å²) in [5.74, 6) is 3.03. The van der Waals surface area contributed by atoms with Crippen LogP contribution in [0.1, 0.15) is 25.0 Å². The number of hydrogen-bond donors (Lipinski definition) is 2. The third-order valence-corrected chi connectivity index (χ3v) is 4.03. The lowest BCUT2D eigenvalue weighted by molar-refractivity contribution is 0.174. The van der Waals surface area contributed by atoms with Gasteiger partial charge in [0.15, 0.2) is 17.5 Å². The van der Waals surface area contributed by atoms with Crippen molar-refractivity contribution in [1.82, 2.24) is 15.6 Å². The molecule has 0 radical (unpaired) electrons. The number of pyridine rings is 1. The number of guanidine groups is 1. The number of rotatable bonds is 8. The highest BCUT2D eigenvalue weighted by atomic mass is 127. The topological polar surface area (TPSA) is 77.0 Å². The van der Waals surface area contributed by atoms with Gasteiger partial charge in [-0.05, 0) is 44.0 Å². The van der Waals surface area contributed by atoms with Crippen LogP contribution in [-0.2, 0) is 13.0 Å². The molecule has 28 heavy (non-hydrogen) atoms. The zero-order valence-electron chi connectivity index (χ0n) is 16.2. The van der Waals surface area contributed by atoms with Crippen molar-refractivity contribution in [1.29, 1.82) is 0 Å². The smallest absolute Gasteiger partial charge is 0.231 e. The van der Waals surface area contributed by atoms with E-state index in [1.807, 2.05) is 38.1 Å². The number of nitrogens with zero attached hydrogens (tertiary/aromatic N) is 2. The van der Waals surface area contributed by atoms with Gasteiger partial charge >= 0.3 is 0 Å². The quantitative estimate of drug-likeness (QED) is 0.331. The molecule has 0 fully saturated rings. The molecule has 0 aliphatic carbocycles. The van der Waals surface area contributed by atoms with Crippen molar-refractivity contribution >= 4 is 29.9 Å². The Bertz CT molecular complexity index is 786. The summed E-state index contributed by atoms with van der Waals surface area (Å²) in [7, 11) is 0. The molecule has 3 rings (SSSR count). The Balaban J connectivity index is 0.00000280. The van der Waals surface area contributed by atoms with E-state index in [1.165, 1.54) is 5.56 Å². The number of ether oxygens (including phenoxy) is 3. The number of aliphatic imine (C=N–C) groups is 1. The van der Waals surface area contributed by atoms with Crippen LogP contribution in [0.2, 0.25) is 0 Å². The summed E-state index contributed by atoms with van der Waals surface area (Å²) in [4.78, 5) is 8.91. The molecule has 1 aromatic carbocycles. The maximum atomic E-state index is 5.56. The molecule has 0 saturated heterocycles. The normalized spacial score (nSPS) is 12.3. The molecule has 2 aromatic rings. The summed E-state index contributed by atoms with van der Waals surface area (Å²) in [5, 5.41) is 6.63. The van der Waals surface area contributed by atoms with Gasteiger partial charge in [-0.3, -0.25) is 0 Å². The van der Waals surface area contributed by atoms with Gasteiger partial charge in [0.1, 0.15) is 0 Å². The Kier molecular flexibility index (Phi) is 9.12. The highest BCUT2D eigenvalue weighted by Crippen LogP contribution is 2.32. The Labute approximate surface area is 182 Å². The zero-order valence-corrected chi connectivity index (χ0v) is 18.6. The predicted octanol–water partition coefficient (Wildman–Crippen LogP) is 3.12. The molecular weight excluding hydrogens is 471 g/mol. The maximum absolute atomic E-state index is 5.56. The van der Waals surface area contributed by atoms with E-state index < -0.39 is 0 Å². The first-order chi connectivity index (χ1) is 13.3. The summed E-state index contributed by atoms with van der Waals surface area (Å²) in [6.45, 7) is 6.93. The summed E-state index contributed by atoms with van der Waals surface area (Å²) in [6, 6.07) is 9.92. The van der Waals surface area contributed by atoms with Crippen LogP contribution in [0.4, 0.5) is 0 Å². The fourth-order valence-corrected chi connectivity index (χ4v) is 2.74. The van der Waals surface area contributed by atoms with Crippen molar-refractivity contribution in [2.45, 2.75) is 26.8 Å². The van der Waals surface area contributed by atoms with Crippen molar-refractivity contribution < 1.29 is 14.2 Å². The average molecular weight is 498 g/mol. The maximum Gasteiger partial charge on any atom is 0.231 e. The van der Waals surface area contributed by atoms with Crippen LogP contribution in [0.5, 0.6) is 17.4 Å². The Morgan fingerprint density at radius 2 is 2.04 bits per heavy atom. The lowest BCUT2D eigenvalue weighted by Crippen LogP contribution is -2.38. The van der Waals surface area contributed by atoms with Crippen molar-refractivity contribution in [3.05, 3.63) is 47.7 Å². The van der Waals surface area contributed by atoms with E-state index in [-0.39, 0.29) is 24.0 Å². The SMILES string of the molecule is CCNC(=NCc1cccnc1OCC)NCCc1ccc2c(c1)OCO2.I. The molecule has 0 spiro atoms. The molecule has 2 N–H and O–H groups in total. The second kappa shape index (κ2) is 11.6. The van der Waals surface area contributed by atoms with Crippen LogP contribution in [0.25, 0.3) is 0 Å².